The van der Waals surface area contributed by atoms with E-state index >= 15 is 0 Å². The Hall–Kier alpha value is -0.460. The number of hydrogen-bond acceptors (Lipinski definition) is 5. The van der Waals surface area contributed by atoms with E-state index in [-0.39, 0.29) is 0 Å². The van der Waals surface area contributed by atoms with Crippen LogP contribution < -0.4 is 0 Å². The van der Waals surface area contributed by atoms with Crippen LogP contribution in [0.3, 0.4) is 0 Å². The fourth-order valence-corrected chi connectivity index (χ4v) is 9.39. The first-order chi connectivity index (χ1) is 11.2. The molecule has 2 aliphatic heterocycles. The molecule has 2 unspecified atom stereocenters. The number of thioether (sulfide) groups is 2. The molecule has 0 spiro atoms. The van der Waals surface area contributed by atoms with Gasteiger partial charge in [0.05, 0.1) is 0 Å². The molecule has 5 heterocycles. The van der Waals surface area contributed by atoms with Gasteiger partial charge in [0.2, 0.25) is 0 Å². The van der Waals surface area contributed by atoms with Crippen molar-refractivity contribution in [2.24, 2.45) is 0 Å². The highest BCUT2D eigenvalue weighted by molar-refractivity contribution is 8.12. The smallest absolute Gasteiger partial charge is 0.0463 e. The molecule has 0 nitrogen and oxygen atoms in total. The molecule has 5 heteroatoms. The van der Waals surface area contributed by atoms with Crippen molar-refractivity contribution in [2.75, 3.05) is 0 Å². The lowest BCUT2D eigenvalue weighted by Crippen LogP contribution is -2.04. The zero-order valence-corrected chi connectivity index (χ0v) is 16.7. The normalized spacial score (nSPS) is 23.4. The summed E-state index contributed by atoms with van der Waals surface area (Å²) in [6.45, 7) is 4.42. The lowest BCUT2D eigenvalue weighted by Gasteiger charge is -2.03. The van der Waals surface area contributed by atoms with Crippen LogP contribution >= 0.6 is 57.5 Å². The van der Waals surface area contributed by atoms with E-state index in [1.54, 1.807) is 0 Å². The molecule has 0 amide bonds. The minimum Gasteiger partial charge on any atom is -0.140 e. The third-order valence-corrected chi connectivity index (χ3v) is 10.4. The molecule has 0 aliphatic carbocycles. The topological polar surface area (TPSA) is 0 Å². The molecule has 3 aromatic rings. The maximum absolute atomic E-state index is 2.47. The van der Waals surface area contributed by atoms with Crippen molar-refractivity contribution < 1.29 is 0 Å². The maximum atomic E-state index is 2.47. The molecule has 3 aromatic heterocycles. The van der Waals surface area contributed by atoms with Crippen molar-refractivity contribution in [3.63, 3.8) is 0 Å². The van der Waals surface area contributed by atoms with E-state index < -0.39 is 0 Å². The van der Waals surface area contributed by atoms with Crippen molar-refractivity contribution in [1.29, 1.82) is 0 Å². The molecule has 0 fully saturated rings. The van der Waals surface area contributed by atoms with Gasteiger partial charge in [0.1, 0.15) is 0 Å². The highest BCUT2D eigenvalue weighted by Crippen LogP contribution is 2.52. The fraction of sp³-hybridized carbons (Fsp3) is 0.222. The minimum absolute atomic E-state index is 0.649. The Morgan fingerprint density at radius 1 is 0.739 bits per heavy atom. The quantitative estimate of drug-likeness (QED) is 0.445. The number of hydrogen-bond donors (Lipinski definition) is 0. The van der Waals surface area contributed by atoms with E-state index in [2.05, 4.69) is 50.3 Å². The predicted octanol–water partition coefficient (Wildman–Crippen LogP) is 7.48. The van der Waals surface area contributed by atoms with Gasteiger partial charge in [0.15, 0.2) is 0 Å². The second kappa shape index (κ2) is 5.53. The molecular formula is C18H14S5. The number of aryl methyl sites for hydroxylation is 1. The van der Waals surface area contributed by atoms with E-state index in [9.17, 15) is 0 Å². The van der Waals surface area contributed by atoms with Gasteiger partial charge < -0.3 is 0 Å². The lowest BCUT2D eigenvalue weighted by atomic mass is 10.2. The van der Waals surface area contributed by atoms with Crippen LogP contribution in [0.5, 0.6) is 0 Å². The van der Waals surface area contributed by atoms with Crippen molar-refractivity contribution >= 4 is 71.8 Å². The van der Waals surface area contributed by atoms with Crippen molar-refractivity contribution in [1.82, 2.24) is 0 Å². The second-order valence-electron chi connectivity index (χ2n) is 5.83. The first-order valence-corrected chi connectivity index (χ1v) is 11.7. The molecule has 0 saturated heterocycles. The first kappa shape index (κ1) is 14.8. The van der Waals surface area contributed by atoms with Gasteiger partial charge >= 0.3 is 0 Å². The average molecular weight is 391 g/mol. The van der Waals surface area contributed by atoms with Crippen LogP contribution in [0.2, 0.25) is 0 Å². The summed E-state index contributed by atoms with van der Waals surface area (Å²) in [5.74, 6) is 0. The minimum atomic E-state index is 0.649. The predicted molar refractivity (Wildman–Crippen MR) is 112 cm³/mol. The van der Waals surface area contributed by atoms with Crippen LogP contribution in [0, 0.1) is 6.92 Å². The third-order valence-electron chi connectivity index (χ3n) is 4.05. The Kier molecular flexibility index (Phi) is 3.57. The van der Waals surface area contributed by atoms with Gasteiger partial charge in [-0.1, -0.05) is 12.2 Å². The Morgan fingerprint density at radius 2 is 1.52 bits per heavy atom. The summed E-state index contributed by atoms with van der Waals surface area (Å²) in [6, 6.07) is 9.28. The van der Waals surface area contributed by atoms with Crippen molar-refractivity contribution in [2.45, 2.75) is 24.3 Å². The molecule has 5 rings (SSSR count). The number of thiophene rings is 3. The van der Waals surface area contributed by atoms with Crippen LogP contribution in [-0.4, -0.2) is 10.5 Å². The zero-order valence-electron chi connectivity index (χ0n) is 12.7. The number of rotatable bonds is 2. The highest BCUT2D eigenvalue weighted by Gasteiger charge is 2.33. The number of allylic oxidation sites excluding steroid dienone is 1. The molecular weight excluding hydrogens is 377 g/mol. The molecule has 116 valence electrons. The summed E-state index contributed by atoms with van der Waals surface area (Å²) < 4.78 is 2.86. The first-order valence-electron chi connectivity index (χ1n) is 7.50. The lowest BCUT2D eigenvalue weighted by molar-refractivity contribution is 1.14. The van der Waals surface area contributed by atoms with E-state index in [1.807, 2.05) is 57.5 Å². The van der Waals surface area contributed by atoms with Crippen LogP contribution in [-0.2, 0) is 0 Å². The van der Waals surface area contributed by atoms with Crippen LogP contribution in [0.1, 0.15) is 16.7 Å². The molecule has 0 bridgehead atoms. The van der Waals surface area contributed by atoms with Gasteiger partial charge in [-0.2, -0.15) is 0 Å². The zero-order chi connectivity index (χ0) is 15.6. The fourth-order valence-electron chi connectivity index (χ4n) is 3.03. The highest BCUT2D eigenvalue weighted by atomic mass is 32.2. The summed E-state index contributed by atoms with van der Waals surface area (Å²) in [6.07, 6.45) is 4.90. The molecule has 0 N–H and O–H groups in total. The van der Waals surface area contributed by atoms with Gasteiger partial charge in [-0.3, -0.25) is 0 Å². The summed E-state index contributed by atoms with van der Waals surface area (Å²) >= 11 is 9.82. The van der Waals surface area contributed by atoms with Crippen LogP contribution in [0.25, 0.3) is 24.1 Å². The monoisotopic (exact) mass is 390 g/mol. The molecule has 0 radical (unpaired) electrons. The summed E-state index contributed by atoms with van der Waals surface area (Å²) in [5, 5.41) is 1.30. The van der Waals surface area contributed by atoms with Gasteiger partial charge in [-0.05, 0) is 43.0 Å². The molecule has 0 saturated carbocycles. The molecule has 23 heavy (non-hydrogen) atoms. The summed E-state index contributed by atoms with van der Waals surface area (Å²) in [5.41, 5.74) is 0. The van der Waals surface area contributed by atoms with E-state index in [0.29, 0.717) is 10.5 Å². The second-order valence-corrected chi connectivity index (χ2v) is 11.9. The summed E-state index contributed by atoms with van der Waals surface area (Å²) in [7, 11) is 0. The largest absolute Gasteiger partial charge is 0.140 e. The van der Waals surface area contributed by atoms with Crippen LogP contribution in [0.15, 0.2) is 41.3 Å². The van der Waals surface area contributed by atoms with Crippen molar-refractivity contribution in [3.8, 4) is 9.75 Å². The Bertz CT molecular complexity index is 933. The van der Waals surface area contributed by atoms with E-state index in [0.717, 1.165) is 0 Å². The molecule has 2 aliphatic rings. The average Bonchev–Trinajstić information content (AvgIpc) is 3.20. The van der Waals surface area contributed by atoms with Gasteiger partial charge in [0, 0.05) is 44.3 Å². The van der Waals surface area contributed by atoms with Crippen LogP contribution in [0.4, 0.5) is 0 Å². The van der Waals surface area contributed by atoms with Gasteiger partial charge in [-0.25, -0.2) is 0 Å². The van der Waals surface area contributed by atoms with Gasteiger partial charge in [0.25, 0.3) is 0 Å². The third kappa shape index (κ3) is 2.57. The maximum Gasteiger partial charge on any atom is 0.0463 e. The molecule has 2 atom stereocenters. The van der Waals surface area contributed by atoms with Gasteiger partial charge in [-0.15, -0.1) is 57.5 Å². The van der Waals surface area contributed by atoms with Crippen molar-refractivity contribution in [3.05, 3.63) is 51.1 Å². The Labute approximate surface area is 156 Å². The Morgan fingerprint density at radius 3 is 2.35 bits per heavy atom. The van der Waals surface area contributed by atoms with E-state index in [1.165, 1.54) is 38.7 Å². The van der Waals surface area contributed by atoms with E-state index in [4.69, 9.17) is 0 Å². The number of fused-ring (bicyclic) bond motifs is 2. The Balaban J connectivity index is 1.44. The molecule has 0 aromatic carbocycles. The standard InChI is InChI=1S/C18H14S5/c1-9-5-13-17(19-9)7-15(22-13)11-3-4-12(21-11)16-8-18-14(23-16)6-10(2)20-18/h3-8,13,17H,1-2H3. The summed E-state index contributed by atoms with van der Waals surface area (Å²) in [4.78, 5) is 8.61. The SMILES string of the molecule is CC1=CC2SC(c3ccc(-c4cc5sc(C)cc5s4)s3)=CC2S1.